The minimum Gasteiger partial charge on any atom is -0.465 e. The summed E-state index contributed by atoms with van der Waals surface area (Å²) in [5.41, 5.74) is 3.41. The van der Waals surface area contributed by atoms with E-state index in [1.807, 2.05) is 30.3 Å². The van der Waals surface area contributed by atoms with Gasteiger partial charge in [-0.3, -0.25) is 4.79 Å². The Labute approximate surface area is 118 Å². The zero-order valence-corrected chi connectivity index (χ0v) is 12.0. The molecule has 110 valence electrons. The lowest BCUT2D eigenvalue weighted by molar-refractivity contribution is -0.148. The molecule has 0 fully saturated rings. The molecule has 0 heterocycles. The molecule has 1 N–H and O–H groups in total. The molecule has 1 amide bonds. The van der Waals surface area contributed by atoms with Crippen LogP contribution in [0.1, 0.15) is 12.5 Å². The van der Waals surface area contributed by atoms with Crippen LogP contribution in [0.15, 0.2) is 30.3 Å². The van der Waals surface area contributed by atoms with Crippen molar-refractivity contribution in [1.29, 1.82) is 0 Å². The van der Waals surface area contributed by atoms with Crippen molar-refractivity contribution in [3.8, 4) is 0 Å². The number of ether oxygens (including phenoxy) is 1. The summed E-state index contributed by atoms with van der Waals surface area (Å²) in [6.45, 7) is 2.00. The molecule has 0 aliphatic rings. The predicted molar refractivity (Wildman–Crippen MR) is 73.9 cm³/mol. The maximum absolute atomic E-state index is 11.8. The minimum atomic E-state index is -0.735. The van der Waals surface area contributed by atoms with Gasteiger partial charge in [-0.1, -0.05) is 30.3 Å². The highest BCUT2D eigenvalue weighted by Crippen LogP contribution is 2.05. The quantitative estimate of drug-likeness (QED) is 0.629. The smallest absolute Gasteiger partial charge is 0.428 e. The molecule has 1 unspecified atom stereocenters. The first kappa shape index (κ1) is 16.0. The first-order valence-corrected chi connectivity index (χ1v) is 6.38. The second kappa shape index (κ2) is 8.16. The van der Waals surface area contributed by atoms with Crippen LogP contribution in [0.2, 0.25) is 0 Å². The molecule has 1 aromatic rings. The van der Waals surface area contributed by atoms with Crippen molar-refractivity contribution < 1.29 is 19.2 Å². The second-order valence-electron chi connectivity index (χ2n) is 4.37. The fourth-order valence-electron chi connectivity index (χ4n) is 1.48. The van der Waals surface area contributed by atoms with E-state index in [1.165, 1.54) is 4.90 Å². The standard InChI is InChI=1S/C14H20N2O4/c1-4-19-13(17)12(15-20-14(18)16(2)3)10-11-8-6-5-7-9-11/h5-9,12,15H,4,10H2,1-3H3. The average molecular weight is 280 g/mol. The molecule has 6 heteroatoms. The van der Waals surface area contributed by atoms with Crippen molar-refractivity contribution in [2.24, 2.45) is 0 Å². The van der Waals surface area contributed by atoms with Gasteiger partial charge in [0.1, 0.15) is 6.04 Å². The van der Waals surface area contributed by atoms with Gasteiger partial charge in [-0.2, -0.15) is 0 Å². The summed E-state index contributed by atoms with van der Waals surface area (Å²) >= 11 is 0. The lowest BCUT2D eigenvalue weighted by Gasteiger charge is -2.18. The topological polar surface area (TPSA) is 67.9 Å². The molecular formula is C14H20N2O4. The normalized spacial score (nSPS) is 11.6. The monoisotopic (exact) mass is 280 g/mol. The highest BCUT2D eigenvalue weighted by molar-refractivity contribution is 5.76. The SMILES string of the molecule is CCOC(=O)C(Cc1ccccc1)NOC(=O)N(C)C. The summed E-state index contributed by atoms with van der Waals surface area (Å²) in [7, 11) is 3.11. The van der Waals surface area contributed by atoms with Crippen LogP contribution in [0, 0.1) is 0 Å². The number of esters is 1. The molecule has 0 bridgehead atoms. The van der Waals surface area contributed by atoms with Crippen LogP contribution in [-0.4, -0.2) is 43.7 Å². The number of nitrogens with one attached hydrogen (secondary N) is 1. The number of nitrogens with zero attached hydrogens (tertiary/aromatic N) is 1. The summed E-state index contributed by atoms with van der Waals surface area (Å²) in [5, 5.41) is 0. The lowest BCUT2D eigenvalue weighted by atomic mass is 10.1. The van der Waals surface area contributed by atoms with Gasteiger partial charge < -0.3 is 14.5 Å². The van der Waals surface area contributed by atoms with Crippen LogP contribution >= 0.6 is 0 Å². The highest BCUT2D eigenvalue weighted by atomic mass is 16.7. The summed E-state index contributed by atoms with van der Waals surface area (Å²) < 4.78 is 4.96. The number of hydrogen-bond acceptors (Lipinski definition) is 5. The van der Waals surface area contributed by atoms with Gasteiger partial charge in [0, 0.05) is 20.5 Å². The number of carbonyl (C=O) groups is 2. The molecule has 20 heavy (non-hydrogen) atoms. The highest BCUT2D eigenvalue weighted by Gasteiger charge is 2.22. The second-order valence-corrected chi connectivity index (χ2v) is 4.37. The van der Waals surface area contributed by atoms with Crippen molar-refractivity contribution in [3.63, 3.8) is 0 Å². The van der Waals surface area contributed by atoms with Crippen LogP contribution in [0.25, 0.3) is 0 Å². The molecule has 1 rings (SSSR count). The fourth-order valence-corrected chi connectivity index (χ4v) is 1.48. The van der Waals surface area contributed by atoms with E-state index >= 15 is 0 Å². The van der Waals surface area contributed by atoms with Crippen molar-refractivity contribution in [3.05, 3.63) is 35.9 Å². The Morgan fingerprint density at radius 2 is 1.90 bits per heavy atom. The number of benzene rings is 1. The first-order chi connectivity index (χ1) is 9.54. The third-order valence-electron chi connectivity index (χ3n) is 2.51. The first-order valence-electron chi connectivity index (χ1n) is 6.38. The van der Waals surface area contributed by atoms with Gasteiger partial charge in [-0.15, -0.1) is 5.48 Å². The molecule has 0 aliphatic carbocycles. The Morgan fingerprint density at radius 1 is 1.25 bits per heavy atom. The Balaban J connectivity index is 2.65. The molecule has 0 saturated heterocycles. The summed E-state index contributed by atoms with van der Waals surface area (Å²) in [4.78, 5) is 29.3. The summed E-state index contributed by atoms with van der Waals surface area (Å²) in [6, 6.07) is 8.69. The Bertz CT molecular complexity index is 434. The molecule has 0 saturated carbocycles. The van der Waals surface area contributed by atoms with Crippen molar-refractivity contribution >= 4 is 12.1 Å². The number of amides is 1. The maximum Gasteiger partial charge on any atom is 0.428 e. The van der Waals surface area contributed by atoms with Crippen molar-refractivity contribution in [2.75, 3.05) is 20.7 Å². The van der Waals surface area contributed by atoms with Gasteiger partial charge in [0.05, 0.1) is 6.61 Å². The zero-order chi connectivity index (χ0) is 15.0. The van der Waals surface area contributed by atoms with Gasteiger partial charge in [-0.25, -0.2) is 4.79 Å². The Morgan fingerprint density at radius 3 is 2.45 bits per heavy atom. The van der Waals surface area contributed by atoms with E-state index in [4.69, 9.17) is 9.57 Å². The Kier molecular flexibility index (Phi) is 6.52. The third kappa shape index (κ3) is 5.27. The van der Waals surface area contributed by atoms with Crippen LogP contribution < -0.4 is 5.48 Å². The molecule has 1 aromatic carbocycles. The average Bonchev–Trinajstić information content (AvgIpc) is 2.44. The number of rotatable bonds is 6. The van der Waals surface area contributed by atoms with Crippen LogP contribution in [0.5, 0.6) is 0 Å². The summed E-state index contributed by atoms with van der Waals surface area (Å²) in [5.74, 6) is -0.456. The lowest BCUT2D eigenvalue weighted by Crippen LogP contribution is -2.42. The van der Waals surface area contributed by atoms with E-state index < -0.39 is 18.1 Å². The minimum absolute atomic E-state index is 0.271. The van der Waals surface area contributed by atoms with Gasteiger partial charge in [-0.05, 0) is 12.5 Å². The van der Waals surface area contributed by atoms with E-state index in [9.17, 15) is 9.59 Å². The largest absolute Gasteiger partial charge is 0.465 e. The van der Waals surface area contributed by atoms with Gasteiger partial charge >= 0.3 is 12.1 Å². The van der Waals surface area contributed by atoms with Crippen LogP contribution in [-0.2, 0) is 20.8 Å². The molecular weight excluding hydrogens is 260 g/mol. The number of hydrogen-bond donors (Lipinski definition) is 1. The fraction of sp³-hybridized carbons (Fsp3) is 0.429. The third-order valence-corrected chi connectivity index (χ3v) is 2.51. The van der Waals surface area contributed by atoms with Gasteiger partial charge in [0.2, 0.25) is 0 Å². The Hall–Kier alpha value is -2.08. The molecule has 0 spiro atoms. The molecule has 6 nitrogen and oxygen atoms in total. The van der Waals surface area contributed by atoms with Crippen LogP contribution in [0.4, 0.5) is 4.79 Å². The number of carbonyl (C=O) groups excluding carboxylic acids is 2. The van der Waals surface area contributed by atoms with E-state index in [0.717, 1.165) is 5.56 Å². The van der Waals surface area contributed by atoms with E-state index in [0.29, 0.717) is 6.42 Å². The van der Waals surface area contributed by atoms with Gasteiger partial charge in [0.15, 0.2) is 0 Å². The van der Waals surface area contributed by atoms with Gasteiger partial charge in [0.25, 0.3) is 0 Å². The van der Waals surface area contributed by atoms with Crippen LogP contribution in [0.3, 0.4) is 0 Å². The van der Waals surface area contributed by atoms with E-state index in [-0.39, 0.29) is 6.61 Å². The maximum atomic E-state index is 11.8. The summed E-state index contributed by atoms with van der Waals surface area (Å²) in [6.07, 6.45) is -0.201. The van der Waals surface area contributed by atoms with Crippen molar-refractivity contribution in [2.45, 2.75) is 19.4 Å². The van der Waals surface area contributed by atoms with E-state index in [1.54, 1.807) is 21.0 Å². The van der Waals surface area contributed by atoms with Crippen molar-refractivity contribution in [1.82, 2.24) is 10.4 Å². The molecule has 0 radical (unpaired) electrons. The molecule has 0 aliphatic heterocycles. The predicted octanol–water partition coefficient (Wildman–Crippen LogP) is 1.36. The molecule has 0 aromatic heterocycles. The zero-order valence-electron chi connectivity index (χ0n) is 12.0. The molecule has 1 atom stereocenters. The number of hydroxylamine groups is 1. The van der Waals surface area contributed by atoms with E-state index in [2.05, 4.69) is 5.48 Å².